The van der Waals surface area contributed by atoms with Gasteiger partial charge < -0.3 is 20.4 Å². The number of hydrogen-bond acceptors (Lipinski definition) is 4. The van der Waals surface area contributed by atoms with E-state index in [1.54, 1.807) is 30.4 Å². The number of hydrogen-bond donors (Lipinski definition) is 4. The van der Waals surface area contributed by atoms with E-state index < -0.39 is 0 Å². The van der Waals surface area contributed by atoms with E-state index in [2.05, 4.69) is 189 Å². The number of phenols is 2. The second kappa shape index (κ2) is 36.3. The standard InChI is InChI=1S/2C16H12O.2C10H8O.2C10H14.2C3H8.2C2H6/c2*17-14-9-7-12-5-4-10-2-1-3-11-6-8-13(14)16(12)15(10)11;11-10-7-3-5-8-4-1-2-6-9(8)10;11-10-6-5-8-3-1-2-4-9(8)7-10;2*1-3-9-5-7-10(4-2)8-6-9;2*1-3-2;2*1-2/h2*1-9,15-17H;2*1-7,11H;2*5-8H,3-4H2,1-2H3;2*3H2,1-2H3;2*1-2H3. The molecule has 4 atom stereocenters. The van der Waals surface area contributed by atoms with Gasteiger partial charge in [-0.05, 0) is 128 Å². The molecule has 448 valence electrons. The van der Waals surface area contributed by atoms with Crippen LogP contribution >= 0.6 is 0 Å². The molecule has 0 amide bonds. The third-order valence-electron chi connectivity index (χ3n) is 15.1. The number of fused-ring (bicyclic) bond motifs is 2. The molecule has 4 unspecified atom stereocenters. The average molecular weight is 1150 g/mol. The lowest BCUT2D eigenvalue weighted by molar-refractivity contribution is 0.406. The van der Waals surface area contributed by atoms with Crippen molar-refractivity contribution in [3.63, 3.8) is 0 Å². The summed E-state index contributed by atoms with van der Waals surface area (Å²) in [7, 11) is 0. The average Bonchev–Trinajstić information content (AvgIpc) is 0.882. The Bertz CT molecular complexity index is 3370. The highest BCUT2D eigenvalue weighted by atomic mass is 16.3. The maximum absolute atomic E-state index is 9.98. The van der Waals surface area contributed by atoms with E-state index >= 15 is 0 Å². The van der Waals surface area contributed by atoms with Crippen LogP contribution < -0.4 is 0 Å². The fourth-order valence-corrected chi connectivity index (χ4v) is 10.8. The number of aromatic hydroxyl groups is 2. The maximum atomic E-state index is 9.98. The van der Waals surface area contributed by atoms with Crippen LogP contribution in [0.15, 0.2) is 299 Å². The van der Waals surface area contributed by atoms with Gasteiger partial charge in [-0.25, -0.2) is 0 Å². The van der Waals surface area contributed by atoms with Gasteiger partial charge in [-0.3, -0.25) is 0 Å². The van der Waals surface area contributed by atoms with Gasteiger partial charge in [-0.15, -0.1) is 0 Å². The Morgan fingerprint density at radius 3 is 1.03 bits per heavy atom. The van der Waals surface area contributed by atoms with Gasteiger partial charge in [0.05, 0.1) is 0 Å². The molecule has 0 fully saturated rings. The monoisotopic (exact) mass is 1140 g/mol. The minimum atomic E-state index is 0.307. The summed E-state index contributed by atoms with van der Waals surface area (Å²) in [5, 5.41) is 42.7. The molecule has 0 saturated heterocycles. The van der Waals surface area contributed by atoms with Crippen LogP contribution in [0, 0.1) is 23.7 Å². The number of aliphatic hydroxyl groups is 2. The molecule has 0 bridgehead atoms. The number of benzene rings is 6. The molecule has 8 aliphatic carbocycles. The van der Waals surface area contributed by atoms with Crippen molar-refractivity contribution in [3.8, 4) is 11.5 Å². The summed E-state index contributed by atoms with van der Waals surface area (Å²) in [6.07, 6.45) is 44.8. The van der Waals surface area contributed by atoms with Crippen molar-refractivity contribution in [2.24, 2.45) is 23.7 Å². The first-order valence-electron chi connectivity index (χ1n) is 31.7. The lowest BCUT2D eigenvalue weighted by atomic mass is 9.64. The largest absolute Gasteiger partial charge is 0.508 e. The Morgan fingerprint density at radius 2 is 0.640 bits per heavy atom. The summed E-state index contributed by atoms with van der Waals surface area (Å²) < 4.78 is 0. The van der Waals surface area contributed by atoms with Crippen LogP contribution in [0.4, 0.5) is 0 Å². The number of phenolic OH excluding ortho intramolecular Hbond substituents is 2. The zero-order valence-corrected chi connectivity index (χ0v) is 53.4. The second-order valence-electron chi connectivity index (χ2n) is 21.1. The first kappa shape index (κ1) is 68.2. The fraction of sp³-hybridized carbons (Fsp3) is 0.268. The van der Waals surface area contributed by atoms with Gasteiger partial charge in [0.2, 0.25) is 0 Å². The fourth-order valence-electron chi connectivity index (χ4n) is 10.8. The molecule has 14 rings (SSSR count). The molecular formula is C82H96O4. The number of aryl methyl sites for hydroxylation is 4. The molecule has 0 spiro atoms. The highest BCUT2D eigenvalue weighted by Gasteiger charge is 2.39. The molecule has 4 heteroatoms. The summed E-state index contributed by atoms with van der Waals surface area (Å²) in [5.41, 5.74) is 15.8. The third kappa shape index (κ3) is 18.5. The summed E-state index contributed by atoms with van der Waals surface area (Å²) in [6, 6.07) is 44.3. The van der Waals surface area contributed by atoms with E-state index in [0.717, 1.165) is 58.4 Å². The van der Waals surface area contributed by atoms with Gasteiger partial charge >= 0.3 is 0 Å². The molecule has 86 heavy (non-hydrogen) atoms. The molecular weight excluding hydrogens is 1050 g/mol. The van der Waals surface area contributed by atoms with Crippen LogP contribution in [-0.4, -0.2) is 20.4 Å². The smallest absolute Gasteiger partial charge is 0.123 e. The van der Waals surface area contributed by atoms with Crippen molar-refractivity contribution in [3.05, 3.63) is 321 Å². The SMILES string of the molecule is CC.CC.CCC.CCC.CCc1ccc(CC)cc1.CCc1ccc(CC)cc1.OC1=C2C=CC3=CC=CC4=CC=C(C=C1)C2C34.OC1=C2C=CC3=CC=CC4=CC=C(C=C1)C2C34.Oc1ccc2ccccc2c1.Oc1cccc2ccccc12. The van der Waals surface area contributed by atoms with Crippen molar-refractivity contribution in [1.82, 2.24) is 0 Å². The van der Waals surface area contributed by atoms with Gasteiger partial charge in [-0.1, -0.05) is 308 Å². The summed E-state index contributed by atoms with van der Waals surface area (Å²) in [4.78, 5) is 0. The van der Waals surface area contributed by atoms with Gasteiger partial charge in [0.1, 0.15) is 23.0 Å². The molecule has 0 radical (unpaired) electrons. The Kier molecular flexibility index (Phi) is 28.8. The van der Waals surface area contributed by atoms with Crippen LogP contribution in [0.1, 0.15) is 118 Å². The predicted octanol–water partition coefficient (Wildman–Crippen LogP) is 22.7. The lowest BCUT2D eigenvalue weighted by Crippen LogP contribution is -2.29. The van der Waals surface area contributed by atoms with Crippen LogP contribution in [0.25, 0.3) is 21.5 Å². The quantitative estimate of drug-likeness (QED) is 0.142. The van der Waals surface area contributed by atoms with Crippen LogP contribution in [0.3, 0.4) is 0 Å². The lowest BCUT2D eigenvalue weighted by Gasteiger charge is -2.39. The Morgan fingerprint density at radius 1 is 0.302 bits per heavy atom. The predicted molar refractivity (Wildman–Crippen MR) is 373 cm³/mol. The van der Waals surface area contributed by atoms with Gasteiger partial charge in [-0.2, -0.15) is 0 Å². The van der Waals surface area contributed by atoms with E-state index in [-0.39, 0.29) is 0 Å². The van der Waals surface area contributed by atoms with E-state index in [4.69, 9.17) is 5.11 Å². The van der Waals surface area contributed by atoms with Crippen molar-refractivity contribution >= 4 is 21.5 Å². The Labute approximate surface area is 517 Å². The molecule has 4 N–H and O–H groups in total. The summed E-state index contributed by atoms with van der Waals surface area (Å²) in [6.45, 7) is 25.2. The second-order valence-corrected chi connectivity index (χ2v) is 21.1. The van der Waals surface area contributed by atoms with Crippen LogP contribution in [0.2, 0.25) is 0 Å². The summed E-state index contributed by atoms with van der Waals surface area (Å²) >= 11 is 0. The number of allylic oxidation sites excluding steroid dienone is 26. The van der Waals surface area contributed by atoms with Crippen LogP contribution in [-0.2, 0) is 25.7 Å². The van der Waals surface area contributed by atoms with E-state index in [1.807, 2.05) is 107 Å². The van der Waals surface area contributed by atoms with Gasteiger partial charge in [0.25, 0.3) is 0 Å². The van der Waals surface area contributed by atoms with Crippen LogP contribution in [0.5, 0.6) is 11.5 Å². The van der Waals surface area contributed by atoms with Crippen molar-refractivity contribution in [1.29, 1.82) is 0 Å². The van der Waals surface area contributed by atoms with E-state index in [0.29, 0.717) is 46.7 Å². The van der Waals surface area contributed by atoms with E-state index in [9.17, 15) is 15.3 Å². The Hall–Kier alpha value is -8.60. The molecule has 6 aromatic rings. The molecule has 0 aliphatic heterocycles. The molecule has 0 heterocycles. The Balaban J connectivity index is 0.000000185. The molecule has 6 aromatic carbocycles. The van der Waals surface area contributed by atoms with Gasteiger partial charge in [0.15, 0.2) is 0 Å². The first-order valence-corrected chi connectivity index (χ1v) is 31.7. The number of rotatable bonds is 4. The minimum absolute atomic E-state index is 0.307. The van der Waals surface area contributed by atoms with Crippen molar-refractivity contribution in [2.75, 3.05) is 0 Å². The molecule has 8 aliphatic rings. The zero-order valence-electron chi connectivity index (χ0n) is 53.4. The zero-order chi connectivity index (χ0) is 62.4. The topological polar surface area (TPSA) is 80.9 Å². The third-order valence-corrected chi connectivity index (χ3v) is 15.1. The van der Waals surface area contributed by atoms with Crippen molar-refractivity contribution in [2.45, 2.75) is 122 Å². The highest BCUT2D eigenvalue weighted by Crippen LogP contribution is 2.50. The minimum Gasteiger partial charge on any atom is -0.508 e. The molecule has 0 aromatic heterocycles. The normalized spacial score (nSPS) is 18.0. The molecule has 0 saturated carbocycles. The van der Waals surface area contributed by atoms with Crippen molar-refractivity contribution < 1.29 is 20.4 Å². The molecule has 4 nitrogen and oxygen atoms in total. The van der Waals surface area contributed by atoms with Gasteiger partial charge in [0, 0.05) is 40.2 Å². The highest BCUT2D eigenvalue weighted by molar-refractivity contribution is 5.88. The number of aliphatic hydroxyl groups excluding tert-OH is 2. The summed E-state index contributed by atoms with van der Waals surface area (Å²) in [5.74, 6) is 2.91. The van der Waals surface area contributed by atoms with E-state index in [1.165, 1.54) is 68.5 Å². The maximum Gasteiger partial charge on any atom is 0.123 e. The first-order chi connectivity index (χ1) is 42.0.